The second-order valence-corrected chi connectivity index (χ2v) is 12.8. The van der Waals surface area contributed by atoms with Crippen LogP contribution in [-0.2, 0) is 24.5 Å². The number of aromatic hydroxyl groups is 2. The van der Waals surface area contributed by atoms with Gasteiger partial charge in [-0.1, -0.05) is 18.2 Å². The van der Waals surface area contributed by atoms with Crippen LogP contribution in [0.2, 0.25) is 5.02 Å². The van der Waals surface area contributed by atoms with Gasteiger partial charge in [0.15, 0.2) is 11.4 Å². The lowest BCUT2D eigenvalue weighted by molar-refractivity contribution is -0.166. The number of hydrogen-bond acceptors (Lipinski definition) is 13. The molecule has 5 atom stereocenters. The van der Waals surface area contributed by atoms with E-state index in [1.165, 1.54) is 31.1 Å². The van der Waals surface area contributed by atoms with Crippen molar-refractivity contribution in [2.75, 3.05) is 14.1 Å². The molecule has 0 unspecified atom stereocenters. The lowest BCUT2D eigenvalue weighted by atomic mass is 9.55. The van der Waals surface area contributed by atoms with Crippen molar-refractivity contribution in [3.05, 3.63) is 75.5 Å². The Bertz CT molecular complexity index is 1970. The minimum Gasteiger partial charge on any atom is -0.508 e. The molecular weight excluding hydrogens is 668 g/mol. The minimum atomic E-state index is -4.45. The second kappa shape index (κ2) is 11.8. The van der Waals surface area contributed by atoms with Gasteiger partial charge in [-0.15, -0.1) is 0 Å². The number of carbonyl (C=O) groups is 4. The minimum absolute atomic E-state index is 0.0516. The standard InChI is InChI=1S/C22H21ClN2O8.C7H6O6S/c1-6-9-7(23)4-5-8(26)11(9)16(27)12-10(6)17(28)14-15(25(2)3)18(29)13(21(24)32)20(31)22(14,33)19(12)30;8-6-2-1-4(14(11,12)13)3-5(6)7(9)10/h4-5,10,14-15,17,26-28,31,33H,1H2,2-3H3,(H2,24,32);1-3,8H,(H,9,10)(H,11,12,13)/t10-,14-,15+,17+,22-;/m1./s1. The molecule has 0 saturated heterocycles. The molecular formula is C29H27ClN2O14S. The molecule has 0 bridgehead atoms. The van der Waals surface area contributed by atoms with Gasteiger partial charge in [0.2, 0.25) is 5.78 Å². The van der Waals surface area contributed by atoms with Gasteiger partial charge in [-0.3, -0.25) is 23.8 Å². The highest BCUT2D eigenvalue weighted by Crippen LogP contribution is 2.56. The first kappa shape index (κ1) is 35.1. The number of carboxylic acid groups (broad SMARTS) is 1. The van der Waals surface area contributed by atoms with E-state index >= 15 is 0 Å². The number of primary amides is 1. The maximum Gasteiger partial charge on any atom is 0.339 e. The number of carbonyl (C=O) groups excluding carboxylic acids is 3. The van der Waals surface area contributed by atoms with E-state index < -0.39 is 108 Å². The number of aliphatic hydroxyl groups excluding tert-OH is 3. The van der Waals surface area contributed by atoms with Gasteiger partial charge in [0.05, 0.1) is 34.1 Å². The number of nitrogens with two attached hydrogens (primary N) is 1. The topological polar surface area (TPSA) is 294 Å². The summed E-state index contributed by atoms with van der Waals surface area (Å²) >= 11 is 6.25. The Hall–Kier alpha value is -4.78. The number of rotatable bonds is 4. The van der Waals surface area contributed by atoms with Crippen molar-refractivity contribution < 1.29 is 67.9 Å². The number of Topliss-reactive ketones (excluding diaryl/α,β-unsaturated/α-hetero) is 2. The fourth-order valence-electron chi connectivity index (χ4n) is 6.11. The van der Waals surface area contributed by atoms with E-state index in [-0.39, 0.29) is 21.7 Å². The van der Waals surface area contributed by atoms with Crippen LogP contribution in [0.4, 0.5) is 0 Å². The molecule has 0 spiro atoms. The van der Waals surface area contributed by atoms with Gasteiger partial charge in [0.1, 0.15) is 34.2 Å². The van der Waals surface area contributed by atoms with Gasteiger partial charge in [-0.2, -0.15) is 8.42 Å². The molecule has 3 aliphatic carbocycles. The van der Waals surface area contributed by atoms with Gasteiger partial charge in [0.25, 0.3) is 16.0 Å². The number of carboxylic acids is 1. The molecule has 1 fully saturated rings. The van der Waals surface area contributed by atoms with E-state index in [4.69, 9.17) is 32.1 Å². The average Bonchev–Trinajstić information content (AvgIpc) is 2.95. The van der Waals surface area contributed by atoms with E-state index in [0.29, 0.717) is 6.07 Å². The number of hydrogen-bond donors (Lipinski definition) is 9. The number of phenolic OH excluding ortho intramolecular Hbond substituents is 1. The summed E-state index contributed by atoms with van der Waals surface area (Å²) in [6, 6.07) is 3.53. The number of benzene rings is 2. The lowest BCUT2D eigenvalue weighted by Gasteiger charge is -2.52. The summed E-state index contributed by atoms with van der Waals surface area (Å²) in [6.07, 6.45) is -1.75. The third-order valence-electron chi connectivity index (χ3n) is 8.17. The van der Waals surface area contributed by atoms with Crippen molar-refractivity contribution in [2.24, 2.45) is 17.6 Å². The first-order chi connectivity index (χ1) is 21.6. The summed E-state index contributed by atoms with van der Waals surface area (Å²) in [6.45, 7) is 3.89. The SMILES string of the molecule is C=C1c2c(Cl)ccc(O)c2C(O)=C2C(=O)[C@@]3(O)C(O)=C(C(N)=O)C(=O)[C@@H](N(C)C)[C@@H]3[C@@H](O)[C@H]12.O=C(O)c1cc(S(=O)(=O)O)ccc1O. The summed E-state index contributed by atoms with van der Waals surface area (Å²) in [7, 11) is -1.61. The largest absolute Gasteiger partial charge is 0.508 e. The quantitative estimate of drug-likeness (QED) is 0.155. The van der Waals surface area contributed by atoms with Crippen molar-refractivity contribution in [1.82, 2.24) is 4.90 Å². The zero-order valence-electron chi connectivity index (χ0n) is 24.2. The number of aromatic carboxylic acids is 1. The Balaban J connectivity index is 0.000000300. The van der Waals surface area contributed by atoms with Crippen LogP contribution in [0.15, 0.2) is 58.7 Å². The maximum absolute atomic E-state index is 13.7. The van der Waals surface area contributed by atoms with Crippen molar-refractivity contribution in [3.8, 4) is 11.5 Å². The highest BCUT2D eigenvalue weighted by atomic mass is 35.5. The molecule has 5 rings (SSSR count). The number of halogens is 1. The Morgan fingerprint density at radius 1 is 1.02 bits per heavy atom. The van der Waals surface area contributed by atoms with E-state index in [1.54, 1.807) is 0 Å². The lowest BCUT2D eigenvalue weighted by Crippen LogP contribution is -2.70. The molecule has 0 aromatic heterocycles. The van der Waals surface area contributed by atoms with Crippen LogP contribution in [0.1, 0.15) is 21.5 Å². The normalized spacial score (nSPS) is 25.5. The molecule has 16 nitrogen and oxygen atoms in total. The second-order valence-electron chi connectivity index (χ2n) is 11.0. The summed E-state index contributed by atoms with van der Waals surface area (Å²) in [5.74, 6) is -11.2. The third-order valence-corrected chi connectivity index (χ3v) is 9.33. The third kappa shape index (κ3) is 5.32. The van der Waals surface area contributed by atoms with E-state index in [9.17, 15) is 53.1 Å². The van der Waals surface area contributed by atoms with Crippen molar-refractivity contribution in [2.45, 2.75) is 22.6 Å². The predicted molar refractivity (Wildman–Crippen MR) is 161 cm³/mol. The molecule has 0 radical (unpaired) electrons. The molecule has 2 aromatic rings. The molecule has 1 amide bonds. The summed E-state index contributed by atoms with van der Waals surface area (Å²) in [5, 5.41) is 72.5. The predicted octanol–water partition coefficient (Wildman–Crippen LogP) is 0.396. The molecule has 1 saturated carbocycles. The molecule has 0 aliphatic heterocycles. The smallest absolute Gasteiger partial charge is 0.339 e. The number of phenols is 2. The Morgan fingerprint density at radius 3 is 2.11 bits per heavy atom. The highest BCUT2D eigenvalue weighted by molar-refractivity contribution is 7.85. The zero-order valence-corrected chi connectivity index (χ0v) is 25.8. The van der Waals surface area contributed by atoms with Crippen LogP contribution in [0.25, 0.3) is 11.3 Å². The van der Waals surface area contributed by atoms with E-state index in [1.807, 2.05) is 0 Å². The fraction of sp³-hybridized carbons (Fsp3) is 0.241. The number of nitrogens with zero attached hydrogens (tertiary/aromatic N) is 1. The maximum atomic E-state index is 13.7. The zero-order chi connectivity index (χ0) is 35.7. The molecule has 250 valence electrons. The molecule has 47 heavy (non-hydrogen) atoms. The van der Waals surface area contributed by atoms with E-state index in [2.05, 4.69) is 6.58 Å². The van der Waals surface area contributed by atoms with Crippen molar-refractivity contribution >= 4 is 56.5 Å². The van der Waals surface area contributed by atoms with Crippen LogP contribution in [0, 0.1) is 11.8 Å². The monoisotopic (exact) mass is 694 g/mol. The number of amides is 1. The van der Waals surface area contributed by atoms with Crippen LogP contribution in [-0.4, -0.2) is 109 Å². The molecule has 18 heteroatoms. The van der Waals surface area contributed by atoms with Gasteiger partial charge in [-0.05, 0) is 50.0 Å². The Morgan fingerprint density at radius 2 is 1.60 bits per heavy atom. The number of ketones is 2. The van der Waals surface area contributed by atoms with Crippen molar-refractivity contribution in [1.29, 1.82) is 0 Å². The molecule has 2 aromatic carbocycles. The van der Waals surface area contributed by atoms with Crippen LogP contribution in [0.5, 0.6) is 11.5 Å². The summed E-state index contributed by atoms with van der Waals surface area (Å²) < 4.78 is 29.8. The molecule has 10 N–H and O–H groups in total. The van der Waals surface area contributed by atoms with E-state index in [0.717, 1.165) is 12.1 Å². The van der Waals surface area contributed by atoms with Crippen molar-refractivity contribution in [3.63, 3.8) is 0 Å². The number of aliphatic hydroxyl groups is 4. The number of fused-ring (bicyclic) bond motifs is 3. The van der Waals surface area contributed by atoms with Crippen LogP contribution < -0.4 is 5.73 Å². The first-order valence-electron chi connectivity index (χ1n) is 13.2. The first-order valence-corrected chi connectivity index (χ1v) is 15.0. The Labute approximate surface area is 270 Å². The van der Waals surface area contributed by atoms with Gasteiger partial charge in [-0.25, -0.2) is 4.79 Å². The fourth-order valence-corrected chi connectivity index (χ4v) is 6.89. The number of likely N-dealkylation sites (N-methyl/N-ethyl adjacent to an activating group) is 1. The average molecular weight is 695 g/mol. The summed E-state index contributed by atoms with van der Waals surface area (Å²) in [5.41, 5.74) is 0.0510. The van der Waals surface area contributed by atoms with Gasteiger partial charge < -0.3 is 41.5 Å². The van der Waals surface area contributed by atoms with Gasteiger partial charge in [0, 0.05) is 16.5 Å². The molecule has 0 heterocycles. The summed E-state index contributed by atoms with van der Waals surface area (Å²) in [4.78, 5) is 49.8. The Kier molecular flexibility index (Phi) is 8.80. The highest BCUT2D eigenvalue weighted by Gasteiger charge is 2.68. The van der Waals surface area contributed by atoms with Gasteiger partial charge >= 0.3 is 5.97 Å². The van der Waals surface area contributed by atoms with Crippen LogP contribution >= 0.6 is 11.6 Å². The van der Waals surface area contributed by atoms with Crippen LogP contribution in [0.3, 0.4) is 0 Å². The molecule has 3 aliphatic rings.